The molecular weight excluding hydrogens is 773 g/mol. The number of aromatic nitrogens is 4. The molecule has 13 aromatic rings. The lowest BCUT2D eigenvalue weighted by atomic mass is 9.98. The molecule has 0 spiro atoms. The van der Waals surface area contributed by atoms with Crippen LogP contribution in [0.4, 0.5) is 0 Å². The fourth-order valence-corrected chi connectivity index (χ4v) is 9.25. The molecule has 294 valence electrons. The number of hydrogen-bond donors (Lipinski definition) is 0. The second kappa shape index (κ2) is 14.0. The van der Waals surface area contributed by atoms with E-state index in [2.05, 4.69) is 144 Å². The molecule has 4 aromatic heterocycles. The highest BCUT2D eigenvalue weighted by molar-refractivity contribution is 6.13. The molecule has 0 atom stereocenters. The standard InChI is InChI=1S/C57H34N4O2/c1-3-14-35(15-4-1)37-18-13-19-38(30-37)39-26-28-45-47-33-41(61-49-23-10-7-20-42(49)43-21-8-11-24-50(43)61)34-48(54(47)63-53(45)32-39)57-59-55(36-16-5-2-6-17-36)58-56(60-57)40-27-29-52-46(31-40)44-22-9-12-25-51(44)62-52/h1-34H. The van der Waals surface area contributed by atoms with Crippen LogP contribution in [0.5, 0.6) is 0 Å². The van der Waals surface area contributed by atoms with Crippen molar-refractivity contribution in [3.63, 3.8) is 0 Å². The topological polar surface area (TPSA) is 69.9 Å². The van der Waals surface area contributed by atoms with E-state index in [-0.39, 0.29) is 0 Å². The van der Waals surface area contributed by atoms with Crippen LogP contribution in [0, 0.1) is 0 Å². The molecule has 6 nitrogen and oxygen atoms in total. The van der Waals surface area contributed by atoms with Gasteiger partial charge in [0.05, 0.1) is 16.6 Å². The average Bonchev–Trinajstić information content (AvgIpc) is 4.03. The predicted octanol–water partition coefficient (Wildman–Crippen LogP) is 15.1. The SMILES string of the molecule is c1ccc(-c2cccc(-c3ccc4c(c3)oc3c(-c5nc(-c6ccccc6)nc(-c6ccc7oc8ccccc8c7c6)n5)cc(-n5c6ccccc6c6ccccc65)cc34)c2)cc1. The van der Waals surface area contributed by atoms with E-state index >= 15 is 0 Å². The molecule has 0 saturated carbocycles. The Morgan fingerprint density at radius 2 is 0.857 bits per heavy atom. The van der Waals surface area contributed by atoms with Gasteiger partial charge < -0.3 is 13.4 Å². The minimum atomic E-state index is 0.512. The summed E-state index contributed by atoms with van der Waals surface area (Å²) in [6, 6.07) is 71.6. The summed E-state index contributed by atoms with van der Waals surface area (Å²) in [6.45, 7) is 0. The van der Waals surface area contributed by atoms with Crippen molar-refractivity contribution in [3.8, 4) is 62.1 Å². The van der Waals surface area contributed by atoms with Crippen molar-refractivity contribution >= 4 is 65.7 Å². The Bertz CT molecular complexity index is 3870. The van der Waals surface area contributed by atoms with Gasteiger partial charge >= 0.3 is 0 Å². The van der Waals surface area contributed by atoms with E-state index in [4.69, 9.17) is 23.8 Å². The molecule has 0 bridgehead atoms. The normalized spacial score (nSPS) is 11.8. The Kier molecular flexibility index (Phi) is 7.80. The largest absolute Gasteiger partial charge is 0.456 e. The first kappa shape index (κ1) is 35.2. The van der Waals surface area contributed by atoms with Gasteiger partial charge in [-0.25, -0.2) is 15.0 Å². The number of benzene rings is 9. The molecule has 0 radical (unpaired) electrons. The van der Waals surface area contributed by atoms with E-state index in [0.29, 0.717) is 23.1 Å². The Morgan fingerprint density at radius 3 is 1.62 bits per heavy atom. The Labute approximate surface area is 361 Å². The molecule has 0 saturated heterocycles. The maximum absolute atomic E-state index is 7.03. The van der Waals surface area contributed by atoms with Crippen molar-refractivity contribution in [2.75, 3.05) is 0 Å². The van der Waals surface area contributed by atoms with Crippen molar-refractivity contribution < 1.29 is 8.83 Å². The van der Waals surface area contributed by atoms with Gasteiger partial charge in [0, 0.05) is 49.1 Å². The molecule has 0 N–H and O–H groups in total. The molecule has 0 aliphatic rings. The van der Waals surface area contributed by atoms with Crippen LogP contribution in [0.3, 0.4) is 0 Å². The molecule has 9 aromatic carbocycles. The van der Waals surface area contributed by atoms with Crippen LogP contribution in [0.2, 0.25) is 0 Å². The molecule has 13 rings (SSSR count). The van der Waals surface area contributed by atoms with Crippen molar-refractivity contribution in [1.82, 2.24) is 19.5 Å². The molecule has 63 heavy (non-hydrogen) atoms. The first-order valence-electron chi connectivity index (χ1n) is 21.1. The van der Waals surface area contributed by atoms with Gasteiger partial charge in [0.15, 0.2) is 17.5 Å². The second-order valence-electron chi connectivity index (χ2n) is 16.0. The first-order chi connectivity index (χ1) is 31.2. The monoisotopic (exact) mass is 806 g/mol. The van der Waals surface area contributed by atoms with Crippen LogP contribution in [0.25, 0.3) is 128 Å². The van der Waals surface area contributed by atoms with Crippen molar-refractivity contribution in [2.45, 2.75) is 0 Å². The summed E-state index contributed by atoms with van der Waals surface area (Å²) < 4.78 is 15.6. The van der Waals surface area contributed by atoms with Gasteiger partial charge in [-0.2, -0.15) is 0 Å². The number of fused-ring (bicyclic) bond motifs is 9. The zero-order valence-corrected chi connectivity index (χ0v) is 33.7. The molecule has 0 aliphatic carbocycles. The van der Waals surface area contributed by atoms with E-state index in [1.165, 1.54) is 16.3 Å². The van der Waals surface area contributed by atoms with E-state index in [1.54, 1.807) is 0 Å². The van der Waals surface area contributed by atoms with Crippen LogP contribution in [0.15, 0.2) is 215 Å². The predicted molar refractivity (Wildman–Crippen MR) is 256 cm³/mol. The molecule has 4 heterocycles. The van der Waals surface area contributed by atoms with Gasteiger partial charge in [-0.15, -0.1) is 0 Å². The summed E-state index contributed by atoms with van der Waals surface area (Å²) in [7, 11) is 0. The second-order valence-corrected chi connectivity index (χ2v) is 16.0. The molecular formula is C57H34N4O2. The lowest BCUT2D eigenvalue weighted by Crippen LogP contribution is -2.01. The van der Waals surface area contributed by atoms with E-state index in [9.17, 15) is 0 Å². The lowest BCUT2D eigenvalue weighted by molar-refractivity contribution is 0.669. The highest BCUT2D eigenvalue weighted by Crippen LogP contribution is 2.42. The van der Waals surface area contributed by atoms with Crippen molar-refractivity contribution in [3.05, 3.63) is 206 Å². The number of hydrogen-bond acceptors (Lipinski definition) is 5. The highest BCUT2D eigenvalue weighted by atomic mass is 16.3. The maximum Gasteiger partial charge on any atom is 0.167 e. The third kappa shape index (κ3) is 5.76. The molecule has 6 heteroatoms. The number of nitrogens with zero attached hydrogens (tertiary/aromatic N) is 4. The fourth-order valence-electron chi connectivity index (χ4n) is 9.25. The number of rotatable bonds is 6. The summed E-state index contributed by atoms with van der Waals surface area (Å²) >= 11 is 0. The summed E-state index contributed by atoms with van der Waals surface area (Å²) in [5, 5.41) is 6.39. The van der Waals surface area contributed by atoms with Gasteiger partial charge in [0.2, 0.25) is 0 Å². The van der Waals surface area contributed by atoms with Gasteiger partial charge in [0.1, 0.15) is 22.3 Å². The summed E-state index contributed by atoms with van der Waals surface area (Å²) in [4.78, 5) is 15.7. The van der Waals surface area contributed by atoms with Crippen LogP contribution < -0.4 is 0 Å². The van der Waals surface area contributed by atoms with Crippen LogP contribution in [-0.2, 0) is 0 Å². The minimum absolute atomic E-state index is 0.512. The van der Waals surface area contributed by atoms with E-state index in [1.807, 2.05) is 66.7 Å². The quantitative estimate of drug-likeness (QED) is 0.167. The molecule has 0 amide bonds. The van der Waals surface area contributed by atoms with Crippen LogP contribution >= 0.6 is 0 Å². The molecule has 0 unspecified atom stereocenters. The average molecular weight is 807 g/mol. The Balaban J connectivity index is 1.07. The van der Waals surface area contributed by atoms with Crippen molar-refractivity contribution in [1.29, 1.82) is 0 Å². The third-order valence-corrected chi connectivity index (χ3v) is 12.2. The zero-order valence-electron chi connectivity index (χ0n) is 33.7. The van der Waals surface area contributed by atoms with Gasteiger partial charge in [0.25, 0.3) is 0 Å². The summed E-state index contributed by atoms with van der Waals surface area (Å²) in [6.07, 6.45) is 0. The van der Waals surface area contributed by atoms with Gasteiger partial charge in [-0.3, -0.25) is 0 Å². The highest BCUT2D eigenvalue weighted by Gasteiger charge is 2.22. The Morgan fingerprint density at radius 1 is 0.302 bits per heavy atom. The minimum Gasteiger partial charge on any atom is -0.456 e. The number of furan rings is 2. The maximum atomic E-state index is 7.03. The van der Waals surface area contributed by atoms with Gasteiger partial charge in [-0.1, -0.05) is 140 Å². The molecule has 0 fully saturated rings. The summed E-state index contributed by atoms with van der Waals surface area (Å²) in [5.41, 5.74) is 13.4. The lowest BCUT2D eigenvalue weighted by Gasteiger charge is -2.12. The summed E-state index contributed by atoms with van der Waals surface area (Å²) in [5.74, 6) is 1.64. The first-order valence-corrected chi connectivity index (χ1v) is 21.1. The van der Waals surface area contributed by atoms with Gasteiger partial charge in [-0.05, 0) is 89.0 Å². The van der Waals surface area contributed by atoms with E-state index in [0.717, 1.165) is 88.4 Å². The zero-order chi connectivity index (χ0) is 41.4. The van der Waals surface area contributed by atoms with Crippen molar-refractivity contribution in [2.24, 2.45) is 0 Å². The van der Waals surface area contributed by atoms with Crippen LogP contribution in [-0.4, -0.2) is 19.5 Å². The number of para-hydroxylation sites is 3. The third-order valence-electron chi connectivity index (χ3n) is 12.2. The van der Waals surface area contributed by atoms with Crippen LogP contribution in [0.1, 0.15) is 0 Å². The molecule has 0 aliphatic heterocycles. The smallest absolute Gasteiger partial charge is 0.167 e. The van der Waals surface area contributed by atoms with E-state index < -0.39 is 0 Å². The Hall–Kier alpha value is -8.61. The fraction of sp³-hybridized carbons (Fsp3) is 0.